The average Bonchev–Trinajstić information content (AvgIpc) is 3.53. The molecule has 2 heterocycles. The molecule has 8 aromatic rings. The van der Waals surface area contributed by atoms with Gasteiger partial charge >= 0.3 is 0 Å². The number of benzene rings is 6. The first-order valence-corrected chi connectivity index (χ1v) is 13.8. The summed E-state index contributed by atoms with van der Waals surface area (Å²) < 4.78 is 63.2. The minimum absolute atomic E-state index is 0.0697. The fraction of sp³-hybridized carbons (Fsp3) is 0. The van der Waals surface area contributed by atoms with E-state index in [1.54, 1.807) is 4.57 Å². The molecular weight excluding hydrogens is 524 g/mol. The van der Waals surface area contributed by atoms with E-state index in [9.17, 15) is 0 Å². The maximum Gasteiger partial charge on any atom is 0.166 e. The molecule has 202 valence electrons. The van der Waals surface area contributed by atoms with E-state index in [1.165, 1.54) is 6.07 Å². The van der Waals surface area contributed by atoms with Gasteiger partial charge in [0.05, 0.1) is 26.3 Å². The highest BCUT2D eigenvalue weighted by molar-refractivity contribution is 6.09. The fourth-order valence-corrected chi connectivity index (χ4v) is 5.35. The van der Waals surface area contributed by atoms with E-state index in [-0.39, 0.29) is 52.0 Å². The molecule has 0 atom stereocenters. The smallest absolute Gasteiger partial charge is 0.166 e. The number of rotatable bonds is 5. The summed E-state index contributed by atoms with van der Waals surface area (Å²) in [6.45, 7) is 0. The molecule has 0 bridgehead atoms. The number of hydrogen-bond donors (Lipinski definition) is 0. The van der Waals surface area contributed by atoms with Gasteiger partial charge in [0, 0.05) is 27.5 Å². The highest BCUT2D eigenvalue weighted by Crippen LogP contribution is 2.38. The maximum atomic E-state index is 9.11. The van der Waals surface area contributed by atoms with Crippen molar-refractivity contribution in [3.8, 4) is 51.0 Å². The second-order valence-electron chi connectivity index (χ2n) is 9.98. The van der Waals surface area contributed by atoms with Crippen LogP contribution in [0, 0.1) is 0 Å². The summed E-state index contributed by atoms with van der Waals surface area (Å²) in [5, 5.41) is 0.173. The molecule has 4 nitrogen and oxygen atoms in total. The molecule has 0 saturated heterocycles. The third-order valence-corrected chi connectivity index (χ3v) is 7.37. The molecule has 0 unspecified atom stereocenters. The van der Waals surface area contributed by atoms with Gasteiger partial charge in [-0.1, -0.05) is 133 Å². The minimum atomic E-state index is -0.460. The molecule has 43 heavy (non-hydrogen) atoms. The predicted molar refractivity (Wildman–Crippen MR) is 176 cm³/mol. The molecule has 0 fully saturated rings. The molecule has 6 aromatic carbocycles. The van der Waals surface area contributed by atoms with Gasteiger partial charge in [-0.05, 0) is 35.3 Å². The summed E-state index contributed by atoms with van der Waals surface area (Å²) in [4.78, 5) is 14.7. The summed E-state index contributed by atoms with van der Waals surface area (Å²) in [5.41, 5.74) is 4.46. The van der Waals surface area contributed by atoms with E-state index in [2.05, 4.69) is 0 Å². The van der Waals surface area contributed by atoms with Crippen molar-refractivity contribution in [1.29, 1.82) is 0 Å². The van der Waals surface area contributed by atoms with Crippen LogP contribution in [-0.4, -0.2) is 19.5 Å². The topological polar surface area (TPSA) is 43.6 Å². The Morgan fingerprint density at radius 3 is 1.63 bits per heavy atom. The lowest BCUT2D eigenvalue weighted by Crippen LogP contribution is -2.04. The third kappa shape index (κ3) is 4.46. The minimum Gasteiger partial charge on any atom is -0.308 e. The van der Waals surface area contributed by atoms with Crippen molar-refractivity contribution in [2.24, 2.45) is 0 Å². The second-order valence-corrected chi connectivity index (χ2v) is 9.98. The van der Waals surface area contributed by atoms with Gasteiger partial charge in [-0.3, -0.25) is 0 Å². The lowest BCUT2D eigenvalue weighted by molar-refractivity contribution is 1.06. The van der Waals surface area contributed by atoms with Gasteiger partial charge in [0.1, 0.15) is 0 Å². The lowest BCUT2D eigenvalue weighted by Gasteiger charge is -2.16. The Labute approximate surface area is 259 Å². The number of para-hydroxylation sites is 2. The van der Waals surface area contributed by atoms with Crippen LogP contribution in [0.1, 0.15) is 9.60 Å². The van der Waals surface area contributed by atoms with Crippen molar-refractivity contribution in [3.05, 3.63) is 158 Å². The first kappa shape index (κ1) is 18.5. The zero-order valence-electron chi connectivity index (χ0n) is 29.8. The van der Waals surface area contributed by atoms with Crippen LogP contribution in [0.5, 0.6) is 0 Å². The molecule has 0 aliphatic carbocycles. The predicted octanol–water partition coefficient (Wildman–Crippen LogP) is 9.64. The van der Waals surface area contributed by atoms with Crippen molar-refractivity contribution >= 4 is 21.8 Å². The fourth-order valence-electron chi connectivity index (χ4n) is 5.35. The van der Waals surface area contributed by atoms with Crippen molar-refractivity contribution < 1.29 is 9.60 Å². The van der Waals surface area contributed by atoms with E-state index >= 15 is 0 Å². The van der Waals surface area contributed by atoms with Crippen molar-refractivity contribution in [2.45, 2.75) is 0 Å². The Balaban J connectivity index is 1.54. The van der Waals surface area contributed by atoms with Crippen LogP contribution in [0.15, 0.2) is 158 Å². The number of aromatic nitrogens is 4. The van der Waals surface area contributed by atoms with E-state index in [4.69, 9.17) is 24.5 Å². The Morgan fingerprint density at radius 1 is 0.442 bits per heavy atom. The largest absolute Gasteiger partial charge is 0.308 e. The van der Waals surface area contributed by atoms with Gasteiger partial charge in [0.2, 0.25) is 0 Å². The lowest BCUT2D eigenvalue weighted by atomic mass is 10.0. The first-order valence-electron chi connectivity index (χ1n) is 17.3. The molecule has 0 N–H and O–H groups in total. The molecule has 0 aliphatic rings. The van der Waals surface area contributed by atoms with Crippen LogP contribution < -0.4 is 0 Å². The van der Waals surface area contributed by atoms with Crippen molar-refractivity contribution in [2.75, 3.05) is 0 Å². The molecule has 0 saturated carbocycles. The molecule has 0 aliphatic heterocycles. The number of fused-ring (bicyclic) bond motifs is 3. The summed E-state index contributed by atoms with van der Waals surface area (Å²) >= 11 is 0. The SMILES string of the molecule is [2H]c1cc([2H])c2c(c1[2H])c1c([2H])c([2H])c([2H])c([2H])c1n2-c1cc(-c2ccccc2)ccc1-c1nc(-c2ccccc2)nc(-c2ccccc2)n1. The summed E-state index contributed by atoms with van der Waals surface area (Å²) in [6, 6.07) is 33.6. The molecule has 2 aromatic heterocycles. The maximum absolute atomic E-state index is 9.11. The molecular formula is C39H26N4. The van der Waals surface area contributed by atoms with Crippen LogP contribution in [0.2, 0.25) is 0 Å². The Kier molecular flexibility index (Phi) is 4.53. The highest BCUT2D eigenvalue weighted by Gasteiger charge is 2.20. The third-order valence-electron chi connectivity index (χ3n) is 7.37. The standard InChI is InChI=1S/C39H26N4/c1-4-14-27(15-5-1)30-24-25-33(36(26-30)43-34-22-12-10-20-31(34)32-21-11-13-23-35(32)43)39-41-37(28-16-6-2-7-17-28)40-38(42-39)29-18-8-3-9-19-29/h1-26H/i10D,11D,12D,20D,21D,22D,23D. The molecule has 0 amide bonds. The zero-order chi connectivity index (χ0) is 34.7. The first-order chi connectivity index (χ1) is 24.2. The van der Waals surface area contributed by atoms with Gasteiger partial charge in [-0.15, -0.1) is 0 Å². The number of nitrogens with zero attached hydrogens (tertiary/aromatic N) is 4. The van der Waals surface area contributed by atoms with Crippen LogP contribution in [-0.2, 0) is 0 Å². The Bertz CT molecular complexity index is 2550. The highest BCUT2D eigenvalue weighted by atomic mass is 15.1. The van der Waals surface area contributed by atoms with E-state index in [0.29, 0.717) is 28.7 Å². The van der Waals surface area contributed by atoms with E-state index < -0.39 is 12.1 Å². The van der Waals surface area contributed by atoms with Gasteiger partial charge in [0.25, 0.3) is 0 Å². The summed E-state index contributed by atoms with van der Waals surface area (Å²) in [6.07, 6.45) is 0. The molecule has 8 rings (SSSR count). The quantitative estimate of drug-likeness (QED) is 0.212. The van der Waals surface area contributed by atoms with Crippen molar-refractivity contribution in [1.82, 2.24) is 19.5 Å². The van der Waals surface area contributed by atoms with Crippen LogP contribution in [0.3, 0.4) is 0 Å². The molecule has 0 spiro atoms. The average molecular weight is 558 g/mol. The van der Waals surface area contributed by atoms with Gasteiger partial charge in [-0.25, -0.2) is 15.0 Å². The summed E-state index contributed by atoms with van der Waals surface area (Å²) in [7, 11) is 0. The second kappa shape index (κ2) is 10.5. The van der Waals surface area contributed by atoms with E-state index in [0.717, 1.165) is 22.3 Å². The number of hydrogen-bond acceptors (Lipinski definition) is 3. The van der Waals surface area contributed by atoms with Gasteiger partial charge in [-0.2, -0.15) is 0 Å². The Hall–Kier alpha value is -5.87. The zero-order valence-corrected chi connectivity index (χ0v) is 22.8. The van der Waals surface area contributed by atoms with Gasteiger partial charge in [0.15, 0.2) is 17.5 Å². The normalized spacial score (nSPS) is 13.5. The van der Waals surface area contributed by atoms with Gasteiger partial charge < -0.3 is 4.57 Å². The van der Waals surface area contributed by atoms with Crippen LogP contribution in [0.25, 0.3) is 72.8 Å². The molecule has 0 radical (unpaired) electrons. The van der Waals surface area contributed by atoms with Crippen molar-refractivity contribution in [3.63, 3.8) is 0 Å². The van der Waals surface area contributed by atoms with Crippen LogP contribution in [0.4, 0.5) is 0 Å². The van der Waals surface area contributed by atoms with E-state index in [1.807, 2.05) is 109 Å². The molecule has 4 heteroatoms. The summed E-state index contributed by atoms with van der Waals surface area (Å²) in [5.74, 6) is 1.17. The monoisotopic (exact) mass is 557 g/mol. The van der Waals surface area contributed by atoms with Crippen LogP contribution >= 0.6 is 0 Å². The Morgan fingerprint density at radius 2 is 0.977 bits per heavy atom.